The lowest BCUT2D eigenvalue weighted by molar-refractivity contribution is 0.0385. The third kappa shape index (κ3) is 4.07. The van der Waals surface area contributed by atoms with E-state index in [1.165, 1.54) is 22.6 Å². The monoisotopic (exact) mass is 457 g/mol. The Hall–Kier alpha value is -1.73. The molecule has 2 aliphatic heterocycles. The normalized spacial score (nSPS) is 20.0. The summed E-state index contributed by atoms with van der Waals surface area (Å²) in [5, 5.41) is 11.7. The van der Waals surface area contributed by atoms with E-state index in [9.17, 15) is 9.90 Å². The van der Waals surface area contributed by atoms with Crippen LogP contribution in [0.2, 0.25) is 5.02 Å². The standard InChI is InChI=1S/C24H28ClN3O2S/c1-15(23(29)17-4-7-22-16(13-17)3-2-12-31-22)27-10-8-19(9-11-27)28-21-6-5-18(25)14-20(21)26-24(28)30/h4-7,13-15,19,23,29H,2-3,8-12H2,1H3,(H,26,30). The maximum absolute atomic E-state index is 12.6. The molecule has 2 unspecified atom stereocenters. The number of aromatic nitrogens is 2. The molecule has 2 aromatic carbocycles. The molecule has 5 nitrogen and oxygen atoms in total. The third-order valence-corrected chi connectivity index (χ3v) is 8.29. The molecule has 0 amide bonds. The highest BCUT2D eigenvalue weighted by Crippen LogP contribution is 2.34. The van der Waals surface area contributed by atoms with Crippen molar-refractivity contribution in [3.05, 3.63) is 63.0 Å². The predicted octanol–water partition coefficient (Wildman–Crippen LogP) is 4.78. The minimum Gasteiger partial charge on any atom is -0.387 e. The number of thioether (sulfide) groups is 1. The molecule has 3 heterocycles. The van der Waals surface area contributed by atoms with Crippen molar-refractivity contribution >= 4 is 34.4 Å². The van der Waals surface area contributed by atoms with Crippen LogP contribution in [0.3, 0.4) is 0 Å². The van der Waals surface area contributed by atoms with Crippen LogP contribution in [0.25, 0.3) is 11.0 Å². The van der Waals surface area contributed by atoms with Gasteiger partial charge >= 0.3 is 5.69 Å². The number of aliphatic hydroxyl groups is 1. The summed E-state index contributed by atoms with van der Waals surface area (Å²) >= 11 is 7.99. The van der Waals surface area contributed by atoms with Crippen LogP contribution >= 0.6 is 23.4 Å². The lowest BCUT2D eigenvalue weighted by Gasteiger charge is -2.38. The van der Waals surface area contributed by atoms with Gasteiger partial charge in [0.1, 0.15) is 0 Å². The van der Waals surface area contributed by atoms with Crippen LogP contribution in [-0.4, -0.2) is 44.4 Å². The first kappa shape index (κ1) is 21.1. The number of piperidine rings is 1. The van der Waals surface area contributed by atoms with Gasteiger partial charge in [-0.2, -0.15) is 0 Å². The van der Waals surface area contributed by atoms with Gasteiger partial charge < -0.3 is 10.1 Å². The molecular formula is C24H28ClN3O2S. The Bertz CT molecular complexity index is 1150. The number of nitrogens with zero attached hydrogens (tertiary/aromatic N) is 2. The van der Waals surface area contributed by atoms with E-state index in [0.717, 1.165) is 48.9 Å². The summed E-state index contributed by atoms with van der Waals surface area (Å²) in [6, 6.07) is 12.2. The van der Waals surface area contributed by atoms with Gasteiger partial charge in [0.25, 0.3) is 0 Å². The molecule has 1 saturated heterocycles. The molecule has 164 valence electrons. The molecule has 1 fully saturated rings. The van der Waals surface area contributed by atoms with Gasteiger partial charge in [0.15, 0.2) is 0 Å². The van der Waals surface area contributed by atoms with Crippen LogP contribution in [0.4, 0.5) is 0 Å². The van der Waals surface area contributed by atoms with Crippen molar-refractivity contribution in [2.45, 2.75) is 55.7 Å². The van der Waals surface area contributed by atoms with E-state index in [-0.39, 0.29) is 17.8 Å². The zero-order chi connectivity index (χ0) is 21.5. The summed E-state index contributed by atoms with van der Waals surface area (Å²) in [6.45, 7) is 3.83. The van der Waals surface area contributed by atoms with Gasteiger partial charge in [0.05, 0.1) is 17.1 Å². The summed E-state index contributed by atoms with van der Waals surface area (Å²) in [6.07, 6.45) is 3.57. The zero-order valence-electron chi connectivity index (χ0n) is 17.7. The molecule has 2 aliphatic rings. The van der Waals surface area contributed by atoms with Crippen LogP contribution in [0.5, 0.6) is 0 Å². The summed E-state index contributed by atoms with van der Waals surface area (Å²) < 4.78 is 1.88. The quantitative estimate of drug-likeness (QED) is 0.591. The SMILES string of the molecule is CC(C(O)c1ccc2c(c1)CCCS2)N1CCC(n2c(=O)[nH]c3cc(Cl)ccc32)CC1. The molecule has 31 heavy (non-hydrogen) atoms. The van der Waals surface area contributed by atoms with E-state index >= 15 is 0 Å². The number of aliphatic hydroxyl groups excluding tert-OH is 1. The van der Waals surface area contributed by atoms with Crippen molar-refractivity contribution in [2.75, 3.05) is 18.8 Å². The highest BCUT2D eigenvalue weighted by Gasteiger charge is 2.30. The van der Waals surface area contributed by atoms with E-state index in [1.54, 1.807) is 6.07 Å². The number of aromatic amines is 1. The largest absolute Gasteiger partial charge is 0.387 e. The number of halogens is 1. The Morgan fingerprint density at radius 1 is 1.19 bits per heavy atom. The fourth-order valence-corrected chi connectivity index (χ4v) is 6.25. The number of nitrogens with one attached hydrogen (secondary N) is 1. The minimum atomic E-state index is -0.508. The second kappa shape index (κ2) is 8.66. The van der Waals surface area contributed by atoms with Crippen LogP contribution in [0, 0.1) is 0 Å². The number of hydrogen-bond acceptors (Lipinski definition) is 4. The van der Waals surface area contributed by atoms with Gasteiger partial charge in [-0.3, -0.25) is 9.47 Å². The number of hydrogen-bond donors (Lipinski definition) is 2. The first-order chi connectivity index (χ1) is 15.0. The average molecular weight is 458 g/mol. The van der Waals surface area contributed by atoms with Gasteiger partial charge in [-0.05, 0) is 73.8 Å². The number of H-pyrrole nitrogens is 1. The fraction of sp³-hybridized carbons (Fsp3) is 0.458. The summed E-state index contributed by atoms with van der Waals surface area (Å²) in [7, 11) is 0. The van der Waals surface area contributed by atoms with Crippen molar-refractivity contribution in [1.29, 1.82) is 0 Å². The maximum Gasteiger partial charge on any atom is 0.326 e. The molecule has 7 heteroatoms. The maximum atomic E-state index is 12.6. The van der Waals surface area contributed by atoms with Gasteiger partial charge in [-0.15, -0.1) is 11.8 Å². The van der Waals surface area contributed by atoms with Crippen LogP contribution in [0.1, 0.15) is 49.5 Å². The Morgan fingerprint density at radius 3 is 2.81 bits per heavy atom. The van der Waals surface area contributed by atoms with Gasteiger partial charge in [-0.25, -0.2) is 4.79 Å². The summed E-state index contributed by atoms with van der Waals surface area (Å²) in [5.41, 5.74) is 4.01. The third-order valence-electron chi connectivity index (χ3n) is 6.85. The Balaban J connectivity index is 1.28. The Kier molecular flexibility index (Phi) is 5.90. The van der Waals surface area contributed by atoms with E-state index < -0.39 is 6.10 Å². The number of benzene rings is 2. The Labute approximate surface area is 191 Å². The molecule has 2 atom stereocenters. The van der Waals surface area contributed by atoms with Gasteiger partial charge in [0.2, 0.25) is 0 Å². The minimum absolute atomic E-state index is 0.0359. The number of likely N-dealkylation sites (tertiary alicyclic amines) is 1. The van der Waals surface area contributed by atoms with Crippen LogP contribution in [0.15, 0.2) is 46.1 Å². The molecule has 3 aromatic rings. The van der Waals surface area contributed by atoms with Crippen molar-refractivity contribution in [3.63, 3.8) is 0 Å². The number of rotatable bonds is 4. The van der Waals surface area contributed by atoms with Crippen molar-refractivity contribution < 1.29 is 5.11 Å². The topological polar surface area (TPSA) is 61.3 Å². The van der Waals surface area contributed by atoms with Crippen molar-refractivity contribution in [3.8, 4) is 0 Å². The molecule has 0 radical (unpaired) electrons. The molecule has 1 aromatic heterocycles. The molecular weight excluding hydrogens is 430 g/mol. The second-order valence-corrected chi connectivity index (χ2v) is 10.3. The molecule has 0 bridgehead atoms. The lowest BCUT2D eigenvalue weighted by Crippen LogP contribution is -2.44. The lowest BCUT2D eigenvalue weighted by atomic mass is 9.96. The van der Waals surface area contributed by atoms with Crippen molar-refractivity contribution in [2.24, 2.45) is 0 Å². The average Bonchev–Trinajstić information content (AvgIpc) is 3.12. The fourth-order valence-electron chi connectivity index (χ4n) is 5.06. The molecule has 0 aliphatic carbocycles. The molecule has 0 spiro atoms. The first-order valence-electron chi connectivity index (χ1n) is 11.1. The number of aryl methyl sites for hydroxylation is 1. The molecule has 0 saturated carbocycles. The van der Waals surface area contributed by atoms with Crippen LogP contribution < -0.4 is 5.69 Å². The highest BCUT2D eigenvalue weighted by atomic mass is 35.5. The zero-order valence-corrected chi connectivity index (χ0v) is 19.3. The van der Waals surface area contributed by atoms with E-state index in [2.05, 4.69) is 35.0 Å². The van der Waals surface area contributed by atoms with E-state index in [1.807, 2.05) is 28.5 Å². The van der Waals surface area contributed by atoms with E-state index in [4.69, 9.17) is 11.6 Å². The predicted molar refractivity (Wildman–Crippen MR) is 127 cm³/mol. The summed E-state index contributed by atoms with van der Waals surface area (Å²) in [5.74, 6) is 1.19. The number of fused-ring (bicyclic) bond motifs is 2. The number of imidazole rings is 1. The second-order valence-electron chi connectivity index (χ2n) is 8.73. The van der Waals surface area contributed by atoms with Crippen LogP contribution in [-0.2, 0) is 6.42 Å². The smallest absolute Gasteiger partial charge is 0.326 e. The van der Waals surface area contributed by atoms with E-state index in [0.29, 0.717) is 5.02 Å². The first-order valence-corrected chi connectivity index (χ1v) is 12.4. The molecule has 5 rings (SSSR count). The molecule has 2 N–H and O–H groups in total. The summed E-state index contributed by atoms with van der Waals surface area (Å²) in [4.78, 5) is 19.2. The van der Waals surface area contributed by atoms with Crippen molar-refractivity contribution in [1.82, 2.24) is 14.5 Å². The van der Waals surface area contributed by atoms with Gasteiger partial charge in [-0.1, -0.05) is 23.7 Å². The van der Waals surface area contributed by atoms with Gasteiger partial charge in [0, 0.05) is 35.1 Å². The highest BCUT2D eigenvalue weighted by molar-refractivity contribution is 7.99. The Morgan fingerprint density at radius 2 is 2.00 bits per heavy atom.